The van der Waals surface area contributed by atoms with Crippen molar-refractivity contribution < 1.29 is 27.8 Å². The molecule has 2 aromatic carbocycles. The number of aliphatic imine (C=N–C) groups is 1. The van der Waals surface area contributed by atoms with Gasteiger partial charge in [-0.3, -0.25) is 4.79 Å². The van der Waals surface area contributed by atoms with Gasteiger partial charge >= 0.3 is 6.18 Å². The summed E-state index contributed by atoms with van der Waals surface area (Å²) >= 11 is 0.925. The molecule has 1 saturated heterocycles. The smallest absolute Gasteiger partial charge is 0.418 e. The van der Waals surface area contributed by atoms with E-state index in [1.54, 1.807) is 6.07 Å². The van der Waals surface area contributed by atoms with Gasteiger partial charge in [0, 0.05) is 0 Å². The van der Waals surface area contributed by atoms with Crippen LogP contribution in [0.5, 0.6) is 11.5 Å². The molecule has 0 aromatic heterocycles. The summed E-state index contributed by atoms with van der Waals surface area (Å²) in [5, 5.41) is 12.1. The Bertz CT molecular complexity index is 955. The molecule has 5 nitrogen and oxygen atoms in total. The van der Waals surface area contributed by atoms with E-state index in [4.69, 9.17) is 4.74 Å². The number of aromatic hydroxyl groups is 1. The maximum Gasteiger partial charge on any atom is 0.418 e. The molecule has 2 aromatic rings. The van der Waals surface area contributed by atoms with E-state index in [0.29, 0.717) is 5.56 Å². The van der Waals surface area contributed by atoms with Crippen molar-refractivity contribution in [2.24, 2.45) is 4.99 Å². The number of phenols is 1. The second-order valence-electron chi connectivity index (χ2n) is 5.43. The first-order chi connectivity index (χ1) is 12.8. The van der Waals surface area contributed by atoms with Crippen LogP contribution in [0.1, 0.15) is 11.1 Å². The van der Waals surface area contributed by atoms with Crippen molar-refractivity contribution in [3.8, 4) is 11.5 Å². The Hall–Kier alpha value is -2.94. The van der Waals surface area contributed by atoms with Gasteiger partial charge in [-0.1, -0.05) is 18.2 Å². The minimum Gasteiger partial charge on any atom is -0.504 e. The molecule has 9 heteroatoms. The molecular formula is C18H13F3N2O3S. The number of phenolic OH excluding ortho intramolecular Hbond substituents is 1. The van der Waals surface area contributed by atoms with E-state index in [1.165, 1.54) is 43.5 Å². The van der Waals surface area contributed by atoms with Gasteiger partial charge in [-0.05, 0) is 47.7 Å². The van der Waals surface area contributed by atoms with Crippen LogP contribution in [0.25, 0.3) is 6.08 Å². The first-order valence-corrected chi connectivity index (χ1v) is 8.42. The highest BCUT2D eigenvalue weighted by atomic mass is 32.2. The van der Waals surface area contributed by atoms with Crippen LogP contribution in [0.15, 0.2) is 52.4 Å². The number of alkyl halides is 3. The van der Waals surface area contributed by atoms with Crippen LogP contribution in [0, 0.1) is 0 Å². The number of thioether (sulfide) groups is 1. The highest BCUT2D eigenvalue weighted by molar-refractivity contribution is 8.18. The van der Waals surface area contributed by atoms with E-state index in [1.807, 2.05) is 0 Å². The molecule has 0 saturated carbocycles. The summed E-state index contributed by atoms with van der Waals surface area (Å²) in [5.74, 6) is -0.287. The second-order valence-corrected chi connectivity index (χ2v) is 6.46. The number of nitrogens with one attached hydrogen (secondary N) is 1. The Labute approximate surface area is 156 Å². The number of carbonyl (C=O) groups is 1. The van der Waals surface area contributed by atoms with Crippen molar-refractivity contribution in [1.29, 1.82) is 0 Å². The van der Waals surface area contributed by atoms with E-state index >= 15 is 0 Å². The second kappa shape index (κ2) is 7.36. The minimum absolute atomic E-state index is 0.0471. The number of para-hydroxylation sites is 1. The number of methoxy groups -OCH3 is 1. The Morgan fingerprint density at radius 2 is 1.96 bits per heavy atom. The van der Waals surface area contributed by atoms with Crippen molar-refractivity contribution in [3.63, 3.8) is 0 Å². The molecule has 140 valence electrons. The molecular weight excluding hydrogens is 381 g/mol. The predicted octanol–water partition coefficient (Wildman–Crippen LogP) is 4.31. The molecule has 1 heterocycles. The Morgan fingerprint density at radius 1 is 1.22 bits per heavy atom. The number of ether oxygens (including phenoxy) is 1. The van der Waals surface area contributed by atoms with Crippen LogP contribution < -0.4 is 10.1 Å². The van der Waals surface area contributed by atoms with Gasteiger partial charge in [0.2, 0.25) is 0 Å². The van der Waals surface area contributed by atoms with Crippen LogP contribution in [0.3, 0.4) is 0 Å². The standard InChI is InChI=1S/C18H13F3N2O3S/c1-26-14-8-10(6-7-13(14)24)9-15-16(25)23-17(27-15)22-12-5-3-2-4-11(12)18(19,20)21/h2-9,24H,1H3,(H,22,23,25)/b15-9-. The van der Waals surface area contributed by atoms with Gasteiger partial charge < -0.3 is 15.2 Å². The molecule has 0 bridgehead atoms. The number of halogens is 3. The number of hydrogen-bond acceptors (Lipinski definition) is 5. The number of rotatable bonds is 3. The summed E-state index contributed by atoms with van der Waals surface area (Å²) < 4.78 is 44.2. The molecule has 2 N–H and O–H groups in total. The zero-order valence-corrected chi connectivity index (χ0v) is 14.7. The molecule has 0 atom stereocenters. The Kier molecular flexibility index (Phi) is 5.13. The number of amidine groups is 1. The summed E-state index contributed by atoms with van der Waals surface area (Å²) in [6.45, 7) is 0. The van der Waals surface area contributed by atoms with Crippen LogP contribution in [0.2, 0.25) is 0 Å². The fourth-order valence-electron chi connectivity index (χ4n) is 2.34. The quantitative estimate of drug-likeness (QED) is 0.761. The summed E-state index contributed by atoms with van der Waals surface area (Å²) in [5.41, 5.74) is -0.576. The predicted molar refractivity (Wildman–Crippen MR) is 96.9 cm³/mol. The lowest BCUT2D eigenvalue weighted by molar-refractivity contribution is -0.137. The summed E-state index contributed by atoms with van der Waals surface area (Å²) in [4.78, 5) is 16.3. The number of benzene rings is 2. The third-order valence-corrected chi connectivity index (χ3v) is 4.49. The van der Waals surface area contributed by atoms with Gasteiger partial charge in [-0.25, -0.2) is 4.99 Å². The van der Waals surface area contributed by atoms with Crippen molar-refractivity contribution >= 4 is 34.6 Å². The van der Waals surface area contributed by atoms with E-state index in [-0.39, 0.29) is 27.3 Å². The molecule has 1 aliphatic rings. The highest BCUT2D eigenvalue weighted by Gasteiger charge is 2.34. The van der Waals surface area contributed by atoms with E-state index in [2.05, 4.69) is 10.3 Å². The third-order valence-electron chi connectivity index (χ3n) is 3.58. The molecule has 0 spiro atoms. The van der Waals surface area contributed by atoms with E-state index < -0.39 is 17.6 Å². The number of carbonyl (C=O) groups excluding carboxylic acids is 1. The molecule has 1 amide bonds. The lowest BCUT2D eigenvalue weighted by atomic mass is 10.2. The maximum atomic E-state index is 13.1. The first-order valence-electron chi connectivity index (χ1n) is 7.61. The average Bonchev–Trinajstić information content (AvgIpc) is 2.95. The normalized spacial score (nSPS) is 17.4. The Morgan fingerprint density at radius 3 is 2.67 bits per heavy atom. The van der Waals surface area contributed by atoms with Gasteiger partial charge in [0.1, 0.15) is 0 Å². The summed E-state index contributed by atoms with van der Waals surface area (Å²) in [6, 6.07) is 9.40. The SMILES string of the molecule is COc1cc(/C=C2\SC(=Nc3ccccc3C(F)(F)F)NC2=O)ccc1O. The van der Waals surface area contributed by atoms with Crippen molar-refractivity contribution in [3.05, 3.63) is 58.5 Å². The average molecular weight is 394 g/mol. The van der Waals surface area contributed by atoms with Crippen molar-refractivity contribution in [2.45, 2.75) is 6.18 Å². The fourth-order valence-corrected chi connectivity index (χ4v) is 3.17. The van der Waals surface area contributed by atoms with Crippen LogP contribution in [0.4, 0.5) is 18.9 Å². The third kappa shape index (κ3) is 4.25. The highest BCUT2D eigenvalue weighted by Crippen LogP contribution is 2.37. The minimum atomic E-state index is -4.55. The monoisotopic (exact) mass is 394 g/mol. The Balaban J connectivity index is 1.89. The lowest BCUT2D eigenvalue weighted by Gasteiger charge is -2.09. The number of hydrogen-bond donors (Lipinski definition) is 2. The largest absolute Gasteiger partial charge is 0.504 e. The molecule has 0 radical (unpaired) electrons. The first kappa shape index (κ1) is 18.8. The molecule has 0 aliphatic carbocycles. The van der Waals surface area contributed by atoms with E-state index in [0.717, 1.165) is 17.8 Å². The van der Waals surface area contributed by atoms with Gasteiger partial charge in [0.25, 0.3) is 5.91 Å². The fraction of sp³-hybridized carbons (Fsp3) is 0.111. The number of nitrogens with zero attached hydrogens (tertiary/aromatic N) is 1. The summed E-state index contributed by atoms with van der Waals surface area (Å²) in [6.07, 6.45) is -3.02. The maximum absolute atomic E-state index is 13.1. The zero-order valence-electron chi connectivity index (χ0n) is 13.9. The molecule has 1 aliphatic heterocycles. The zero-order chi connectivity index (χ0) is 19.6. The molecule has 27 heavy (non-hydrogen) atoms. The topological polar surface area (TPSA) is 70.9 Å². The van der Waals surface area contributed by atoms with Gasteiger partial charge in [0.15, 0.2) is 16.7 Å². The van der Waals surface area contributed by atoms with Gasteiger partial charge in [-0.15, -0.1) is 0 Å². The summed E-state index contributed by atoms with van der Waals surface area (Å²) in [7, 11) is 1.39. The van der Waals surface area contributed by atoms with Crippen LogP contribution >= 0.6 is 11.8 Å². The van der Waals surface area contributed by atoms with Crippen LogP contribution in [-0.4, -0.2) is 23.3 Å². The molecule has 1 fully saturated rings. The molecule has 0 unspecified atom stereocenters. The van der Waals surface area contributed by atoms with Crippen molar-refractivity contribution in [2.75, 3.05) is 7.11 Å². The van der Waals surface area contributed by atoms with Gasteiger partial charge in [-0.2, -0.15) is 13.2 Å². The van der Waals surface area contributed by atoms with Gasteiger partial charge in [0.05, 0.1) is 23.3 Å². The van der Waals surface area contributed by atoms with Crippen molar-refractivity contribution in [1.82, 2.24) is 5.32 Å². The lowest BCUT2D eigenvalue weighted by Crippen LogP contribution is -2.19. The number of amides is 1. The van der Waals surface area contributed by atoms with E-state index in [9.17, 15) is 23.1 Å². The van der Waals surface area contributed by atoms with Crippen LogP contribution in [-0.2, 0) is 11.0 Å². The molecule has 3 rings (SSSR count).